The summed E-state index contributed by atoms with van der Waals surface area (Å²) in [5.74, 6) is 0.734. The van der Waals surface area contributed by atoms with E-state index in [0.29, 0.717) is 36.5 Å². The Morgan fingerprint density at radius 1 is 0.433 bits per heavy atom. The molecule has 0 radical (unpaired) electrons. The molecule has 0 aliphatic carbocycles. The molecule has 0 aromatic heterocycles. The van der Waals surface area contributed by atoms with E-state index < -0.39 is 170 Å². The first-order valence-electron chi connectivity index (χ1n) is 33.3. The molecule has 3 aliphatic rings. The number of ether oxygens (including phenoxy) is 3. The van der Waals surface area contributed by atoms with Gasteiger partial charge >= 0.3 is 17.9 Å². The largest absolute Gasteiger partial charge is 0.478 e. The summed E-state index contributed by atoms with van der Waals surface area (Å²) in [7, 11) is -2.11. The summed E-state index contributed by atoms with van der Waals surface area (Å²) in [4.78, 5) is 68.0. The first kappa shape index (κ1) is 87.2. The van der Waals surface area contributed by atoms with Crippen LogP contribution in [0.15, 0.2) is 30.3 Å². The number of aliphatic hydroxyl groups excluding tert-OH is 12. The minimum atomic E-state index is -2.11. The maximum absolute atomic E-state index is 12.7. The molecule has 3 heterocycles. The second-order valence-electron chi connectivity index (χ2n) is 25.2. The van der Waals surface area contributed by atoms with Gasteiger partial charge in [0.15, 0.2) is 0 Å². The Morgan fingerprint density at radius 3 is 0.938 bits per heavy atom. The third-order valence-electron chi connectivity index (χ3n) is 17.6. The van der Waals surface area contributed by atoms with Crippen molar-refractivity contribution in [1.29, 1.82) is 0 Å². The fraction of sp³-hybridized carbons (Fsp3) is 0.810. The van der Waals surface area contributed by atoms with Gasteiger partial charge in [0.2, 0.25) is 32.5 Å². The predicted octanol–water partition coefficient (Wildman–Crippen LogP) is 0.871. The number of carboxylic acids is 3. The van der Waals surface area contributed by atoms with Crippen LogP contribution in [0.5, 0.6) is 0 Å². The number of hydrogen-bond donors (Lipinski definition) is 18. The van der Waals surface area contributed by atoms with Crippen LogP contribution >= 0.6 is 70.6 Å². The number of unbranched alkanes of at least 4 members (excludes halogenated alkanes) is 6. The number of amides is 3. The van der Waals surface area contributed by atoms with E-state index in [2.05, 4.69) is 40.2 Å². The van der Waals surface area contributed by atoms with Crippen LogP contribution in [0.4, 0.5) is 0 Å². The van der Waals surface area contributed by atoms with E-state index in [-0.39, 0.29) is 19.3 Å². The Kier molecular flexibility index (Phi) is 39.9. The third kappa shape index (κ3) is 27.1. The van der Waals surface area contributed by atoms with Crippen molar-refractivity contribution in [1.82, 2.24) is 16.0 Å². The van der Waals surface area contributed by atoms with Crippen molar-refractivity contribution in [3.05, 3.63) is 30.3 Å². The average Bonchev–Trinajstić information content (AvgIpc) is 0.788. The van der Waals surface area contributed by atoms with Crippen LogP contribution in [0.3, 0.4) is 0 Å². The second-order valence-corrected chi connectivity index (χ2v) is 37.5. The Bertz CT molecular complexity index is 2290. The highest BCUT2D eigenvalue weighted by Gasteiger charge is 2.58. The average molecular weight is 1510 g/mol. The molecule has 0 bridgehead atoms. The molecule has 3 amide bonds. The highest BCUT2D eigenvalue weighted by Crippen LogP contribution is 2.44. The Labute approximate surface area is 594 Å². The minimum Gasteiger partial charge on any atom is -0.478 e. The van der Waals surface area contributed by atoms with Crippen molar-refractivity contribution >= 4 is 119 Å². The lowest BCUT2D eigenvalue weighted by Gasteiger charge is -2.46. The van der Waals surface area contributed by atoms with Crippen molar-refractivity contribution in [2.24, 2.45) is 0 Å². The molecular formula is C63H107N3O24S6Si. The van der Waals surface area contributed by atoms with E-state index in [4.69, 9.17) is 14.2 Å². The fourth-order valence-corrected chi connectivity index (χ4v) is 25.0. The summed E-state index contributed by atoms with van der Waals surface area (Å²) in [6.07, 6.45) is -10.7. The zero-order valence-corrected chi connectivity index (χ0v) is 61.5. The normalized spacial score (nSPS) is 28.0. The number of aliphatic hydroxyl groups is 12. The van der Waals surface area contributed by atoms with Gasteiger partial charge in [-0.3, -0.25) is 14.4 Å². The van der Waals surface area contributed by atoms with Crippen molar-refractivity contribution in [2.45, 2.75) is 241 Å². The molecule has 0 unspecified atom stereocenters. The number of thioether (sulfide) groups is 6. The van der Waals surface area contributed by atoms with Gasteiger partial charge in [-0.1, -0.05) is 72.9 Å². The predicted molar refractivity (Wildman–Crippen MR) is 379 cm³/mol. The van der Waals surface area contributed by atoms with Crippen LogP contribution in [-0.4, -0.2) is 298 Å². The molecule has 27 nitrogen and oxygen atoms in total. The lowest BCUT2D eigenvalue weighted by Crippen LogP contribution is -2.66. The van der Waals surface area contributed by atoms with Crippen molar-refractivity contribution < 1.29 is 120 Å². The minimum absolute atomic E-state index is 0.354. The standard InChI is InChI=1S/C63H107N3O24S6Si/c1-39(70)64-49-43(73)33-61(58(82)83,88-55(49)52(79)46(76)36-67)94-27-13-5-10-21-91-24-16-30-97(42-19-8-4-9-20-42,31-17-25-92-22-11-6-14-28-95-62(59(84)85)34-44(74)50(65-40(2)71)56(89-62)53(80)47(77)37-68)32-18-26-93-23-12-7-15-29-96-63(60(86)87)35-45(75)51(66-41(3)72)57(90-63)54(81)48(78)38-69/h4,8-9,19-20,43-57,67-69,73-81H,5-7,10-18,21-38H2,1-3H3,(H,64,70)(H,65,71)(H,66,72)(H,82,83)(H,84,85)(H,86,87)/t43-,44-,45-,46-,47-,48+,49+,50+,51+,52-,53-,54+,55+,56+,57+,61+,62+,63+/m0/s1. The number of carboxylic acid groups (broad SMARTS) is 3. The fourth-order valence-electron chi connectivity index (χ4n) is 12.4. The molecule has 97 heavy (non-hydrogen) atoms. The third-order valence-corrected chi connectivity index (χ3v) is 30.7. The maximum Gasteiger partial charge on any atom is 0.346 e. The molecule has 34 heteroatoms. The van der Waals surface area contributed by atoms with Crippen LogP contribution in [0.1, 0.15) is 117 Å². The molecule has 18 atom stereocenters. The molecule has 558 valence electrons. The monoisotopic (exact) mass is 1510 g/mol. The van der Waals surface area contributed by atoms with Gasteiger partial charge < -0.3 is 107 Å². The lowest BCUT2D eigenvalue weighted by molar-refractivity contribution is -0.205. The van der Waals surface area contributed by atoms with Gasteiger partial charge in [-0.25, -0.2) is 14.4 Å². The number of carbonyl (C=O) groups is 6. The van der Waals surface area contributed by atoms with Gasteiger partial charge in [0, 0.05) is 40.0 Å². The molecule has 3 fully saturated rings. The zero-order valence-electron chi connectivity index (χ0n) is 55.6. The van der Waals surface area contributed by atoms with Gasteiger partial charge in [-0.15, -0.1) is 35.3 Å². The summed E-state index contributed by atoms with van der Waals surface area (Å²) in [5, 5.41) is 164. The van der Waals surface area contributed by atoms with Crippen molar-refractivity contribution in [3.63, 3.8) is 0 Å². The van der Waals surface area contributed by atoms with E-state index in [1.807, 2.05) is 41.4 Å². The highest BCUT2D eigenvalue weighted by molar-refractivity contribution is 8.01. The van der Waals surface area contributed by atoms with Gasteiger partial charge in [-0.05, 0) is 110 Å². The van der Waals surface area contributed by atoms with Crippen LogP contribution in [0.2, 0.25) is 18.1 Å². The molecule has 1 aromatic rings. The first-order valence-corrected chi connectivity index (χ1v) is 42.3. The summed E-state index contributed by atoms with van der Waals surface area (Å²) in [6.45, 7) is 0.984. The van der Waals surface area contributed by atoms with Crippen molar-refractivity contribution in [3.8, 4) is 0 Å². The van der Waals surface area contributed by atoms with Crippen LogP contribution in [-0.2, 0) is 43.0 Å². The Morgan fingerprint density at radius 2 is 0.691 bits per heavy atom. The smallest absolute Gasteiger partial charge is 0.346 e. The topological polar surface area (TPSA) is 470 Å². The summed E-state index contributed by atoms with van der Waals surface area (Å²) >= 11 is 8.55. The van der Waals surface area contributed by atoms with E-state index in [0.717, 1.165) is 146 Å². The van der Waals surface area contributed by atoms with Gasteiger partial charge in [-0.2, -0.15) is 35.3 Å². The quantitative estimate of drug-likeness (QED) is 0.0318. The van der Waals surface area contributed by atoms with E-state index >= 15 is 0 Å². The zero-order chi connectivity index (χ0) is 71.9. The Hall–Kier alpha value is -2.24. The number of rotatable bonds is 49. The summed E-state index contributed by atoms with van der Waals surface area (Å²) in [5.41, 5.74) is 0. The number of benzene rings is 1. The molecule has 18 N–H and O–H groups in total. The van der Waals surface area contributed by atoms with Crippen molar-refractivity contribution in [2.75, 3.05) is 71.6 Å². The molecule has 3 aliphatic heterocycles. The first-order chi connectivity index (χ1) is 46.1. The molecule has 3 saturated heterocycles. The van der Waals surface area contributed by atoms with E-state index in [1.54, 1.807) is 0 Å². The molecule has 1 aromatic carbocycles. The van der Waals surface area contributed by atoms with E-state index in [9.17, 15) is 105 Å². The summed E-state index contributed by atoms with van der Waals surface area (Å²) in [6, 6.07) is 10.4. The van der Waals surface area contributed by atoms with Gasteiger partial charge in [0.25, 0.3) is 0 Å². The molecular weight excluding hydrogens is 1400 g/mol. The molecule has 0 saturated carbocycles. The number of hydrogen-bond acceptors (Lipinski definition) is 27. The number of nitrogens with one attached hydrogen (secondary N) is 3. The summed E-state index contributed by atoms with van der Waals surface area (Å²) < 4.78 is 17.8. The van der Waals surface area contributed by atoms with Gasteiger partial charge in [0.1, 0.15) is 54.9 Å². The number of carbonyl (C=O) groups excluding carboxylic acids is 3. The SMILES string of the molecule is CC(=O)N[C@H]1[C@H]([C@@H](O)[C@@H](O)CO)O[C@](SCCCCCSCCC[Si](CCCSCCCCCS[C@@]2(C(=O)O)C[C@H](O)[C@@H](NC(C)=O)[C@H]([C@@H](O)[C@@H](O)CO)O2)(CCCSCCCCCS[C@@]2(C(=O)O)C[C@H](O)[C@@H](NC(C)=O)[C@H]([C@H](O)[C@H](O)CO)O2)c2ccccc2)(C(=O)O)C[C@@H]1O. The highest BCUT2D eigenvalue weighted by atomic mass is 32.2. The van der Waals surface area contributed by atoms with Crippen LogP contribution in [0.25, 0.3) is 0 Å². The second kappa shape index (κ2) is 44.4. The maximum atomic E-state index is 12.7. The number of aliphatic carboxylic acids is 3. The molecule has 4 rings (SSSR count). The molecule has 0 spiro atoms. The van der Waals surface area contributed by atoms with Crippen LogP contribution < -0.4 is 21.1 Å². The Balaban J connectivity index is 1.33. The lowest BCUT2D eigenvalue weighted by atomic mass is 9.90. The van der Waals surface area contributed by atoms with E-state index in [1.165, 1.54) is 26.0 Å². The van der Waals surface area contributed by atoms with Gasteiger partial charge in [0.05, 0.1) is 64.3 Å². The van der Waals surface area contributed by atoms with Crippen LogP contribution in [0, 0.1) is 0 Å².